The van der Waals surface area contributed by atoms with Crippen molar-refractivity contribution in [1.82, 2.24) is 5.32 Å². The van der Waals surface area contributed by atoms with E-state index in [-0.39, 0.29) is 6.10 Å². The van der Waals surface area contributed by atoms with Gasteiger partial charge in [-0.3, -0.25) is 0 Å². The Bertz CT molecular complexity index is 83.0. The highest BCUT2D eigenvalue weighted by Gasteiger charge is 2.07. The lowest BCUT2D eigenvalue weighted by Crippen LogP contribution is -2.33. The highest BCUT2D eigenvalue weighted by molar-refractivity contribution is 4.68. The third kappa shape index (κ3) is 3.14. The zero-order valence-electron chi connectivity index (χ0n) is 6.35. The van der Waals surface area contributed by atoms with Gasteiger partial charge < -0.3 is 10.1 Å². The Labute approximate surface area is 56.9 Å². The van der Waals surface area contributed by atoms with E-state index < -0.39 is 0 Å². The molecule has 0 aliphatic rings. The standard InChI is InChI=1S/C7H15NO/c1-5-9-7(3)6(2)8-4/h5-8H,1H2,2-4H3. The van der Waals surface area contributed by atoms with E-state index in [4.69, 9.17) is 4.74 Å². The van der Waals surface area contributed by atoms with Crippen LogP contribution in [0.1, 0.15) is 13.8 Å². The maximum Gasteiger partial charge on any atom is 0.110 e. The van der Waals surface area contributed by atoms with E-state index in [9.17, 15) is 0 Å². The Morgan fingerprint density at radius 1 is 1.56 bits per heavy atom. The average Bonchev–Trinajstić information content (AvgIpc) is 1.87. The molecule has 0 aromatic heterocycles. The van der Waals surface area contributed by atoms with Crippen molar-refractivity contribution < 1.29 is 4.74 Å². The summed E-state index contributed by atoms with van der Waals surface area (Å²) in [6.45, 7) is 7.53. The lowest BCUT2D eigenvalue weighted by Gasteiger charge is -2.17. The highest BCUT2D eigenvalue weighted by Crippen LogP contribution is 1.96. The molecule has 9 heavy (non-hydrogen) atoms. The van der Waals surface area contributed by atoms with Crippen molar-refractivity contribution in [3.8, 4) is 0 Å². The first-order valence-electron chi connectivity index (χ1n) is 3.16. The van der Waals surface area contributed by atoms with Gasteiger partial charge >= 0.3 is 0 Å². The van der Waals surface area contributed by atoms with E-state index in [1.165, 1.54) is 6.26 Å². The molecule has 0 saturated heterocycles. The number of nitrogens with one attached hydrogen (secondary N) is 1. The molecule has 0 bridgehead atoms. The molecule has 1 N–H and O–H groups in total. The molecule has 0 aromatic carbocycles. The third-order valence-electron chi connectivity index (χ3n) is 1.47. The Morgan fingerprint density at radius 2 is 2.11 bits per heavy atom. The largest absolute Gasteiger partial charge is 0.497 e. The van der Waals surface area contributed by atoms with E-state index in [0.717, 1.165) is 0 Å². The van der Waals surface area contributed by atoms with Gasteiger partial charge in [-0.1, -0.05) is 6.58 Å². The van der Waals surface area contributed by atoms with Gasteiger partial charge in [0.1, 0.15) is 6.10 Å². The van der Waals surface area contributed by atoms with Crippen LogP contribution >= 0.6 is 0 Å². The fraction of sp³-hybridized carbons (Fsp3) is 0.714. The maximum atomic E-state index is 5.10. The summed E-state index contributed by atoms with van der Waals surface area (Å²) in [4.78, 5) is 0. The SMILES string of the molecule is C=COC(C)C(C)NC. The Kier molecular flexibility index (Phi) is 4.14. The van der Waals surface area contributed by atoms with Crippen LogP contribution in [0.4, 0.5) is 0 Å². The Hall–Kier alpha value is -0.500. The fourth-order valence-corrected chi connectivity index (χ4v) is 0.504. The predicted molar refractivity (Wildman–Crippen MR) is 39.3 cm³/mol. The van der Waals surface area contributed by atoms with E-state index in [1.807, 2.05) is 14.0 Å². The van der Waals surface area contributed by atoms with Crippen LogP contribution in [-0.4, -0.2) is 19.2 Å². The number of likely N-dealkylation sites (N-methyl/N-ethyl adjacent to an activating group) is 1. The van der Waals surface area contributed by atoms with Crippen molar-refractivity contribution >= 4 is 0 Å². The molecule has 0 amide bonds. The lowest BCUT2D eigenvalue weighted by atomic mass is 10.2. The van der Waals surface area contributed by atoms with Gasteiger partial charge in [0.05, 0.1) is 6.26 Å². The van der Waals surface area contributed by atoms with Crippen molar-refractivity contribution in [2.45, 2.75) is 26.0 Å². The smallest absolute Gasteiger partial charge is 0.110 e. The summed E-state index contributed by atoms with van der Waals surface area (Å²) in [5, 5.41) is 3.08. The predicted octanol–water partition coefficient (Wildman–Crippen LogP) is 1.14. The van der Waals surface area contributed by atoms with Gasteiger partial charge in [-0.05, 0) is 20.9 Å². The number of ether oxygens (including phenoxy) is 1. The summed E-state index contributed by atoms with van der Waals surface area (Å²) in [7, 11) is 1.91. The molecule has 2 unspecified atom stereocenters. The normalized spacial score (nSPS) is 16.3. The molecular weight excluding hydrogens is 114 g/mol. The molecule has 2 heteroatoms. The number of rotatable bonds is 4. The quantitative estimate of drug-likeness (QED) is 0.575. The summed E-state index contributed by atoms with van der Waals surface area (Å²) in [5.74, 6) is 0. The summed E-state index contributed by atoms with van der Waals surface area (Å²) in [6, 6.07) is 0.378. The van der Waals surface area contributed by atoms with Crippen LogP contribution in [0.2, 0.25) is 0 Å². The Balaban J connectivity index is 3.44. The minimum Gasteiger partial charge on any atom is -0.497 e. The van der Waals surface area contributed by atoms with Gasteiger partial charge in [-0.25, -0.2) is 0 Å². The van der Waals surface area contributed by atoms with Crippen molar-refractivity contribution in [3.63, 3.8) is 0 Å². The molecule has 0 heterocycles. The molecular formula is C7H15NO. The second-order valence-corrected chi connectivity index (χ2v) is 2.09. The van der Waals surface area contributed by atoms with Crippen LogP contribution in [-0.2, 0) is 4.74 Å². The van der Waals surface area contributed by atoms with Crippen molar-refractivity contribution in [2.24, 2.45) is 0 Å². The summed E-state index contributed by atoms with van der Waals surface area (Å²) in [5.41, 5.74) is 0. The van der Waals surface area contributed by atoms with E-state index >= 15 is 0 Å². The zero-order valence-corrected chi connectivity index (χ0v) is 6.35. The second kappa shape index (κ2) is 4.39. The molecule has 0 aromatic rings. The summed E-state index contributed by atoms with van der Waals surface area (Å²) < 4.78 is 5.10. The molecule has 2 nitrogen and oxygen atoms in total. The minimum atomic E-state index is 0.201. The summed E-state index contributed by atoms with van der Waals surface area (Å²) in [6.07, 6.45) is 1.67. The molecule has 54 valence electrons. The van der Waals surface area contributed by atoms with E-state index in [2.05, 4.69) is 18.8 Å². The molecule has 0 aliphatic carbocycles. The number of hydrogen-bond donors (Lipinski definition) is 1. The first-order chi connectivity index (χ1) is 4.22. The van der Waals surface area contributed by atoms with Crippen LogP contribution in [0, 0.1) is 0 Å². The van der Waals surface area contributed by atoms with Crippen molar-refractivity contribution in [3.05, 3.63) is 12.8 Å². The van der Waals surface area contributed by atoms with E-state index in [0.29, 0.717) is 6.04 Å². The molecule has 0 fully saturated rings. The fourth-order valence-electron chi connectivity index (χ4n) is 0.504. The minimum absolute atomic E-state index is 0.201. The molecule has 0 saturated carbocycles. The van der Waals surface area contributed by atoms with Gasteiger partial charge in [0, 0.05) is 6.04 Å². The molecule has 0 spiro atoms. The topological polar surface area (TPSA) is 21.3 Å². The first kappa shape index (κ1) is 8.50. The third-order valence-corrected chi connectivity index (χ3v) is 1.47. The van der Waals surface area contributed by atoms with Gasteiger partial charge in [-0.2, -0.15) is 0 Å². The zero-order chi connectivity index (χ0) is 7.28. The van der Waals surface area contributed by atoms with Gasteiger partial charge in [0.15, 0.2) is 0 Å². The van der Waals surface area contributed by atoms with Gasteiger partial charge in [-0.15, -0.1) is 0 Å². The monoisotopic (exact) mass is 129 g/mol. The van der Waals surface area contributed by atoms with Crippen LogP contribution in [0.25, 0.3) is 0 Å². The van der Waals surface area contributed by atoms with Crippen LogP contribution in [0.15, 0.2) is 12.8 Å². The van der Waals surface area contributed by atoms with E-state index in [1.54, 1.807) is 0 Å². The van der Waals surface area contributed by atoms with Crippen LogP contribution < -0.4 is 5.32 Å². The van der Waals surface area contributed by atoms with Crippen molar-refractivity contribution in [2.75, 3.05) is 7.05 Å². The van der Waals surface area contributed by atoms with Gasteiger partial charge in [0.2, 0.25) is 0 Å². The van der Waals surface area contributed by atoms with Crippen LogP contribution in [0.3, 0.4) is 0 Å². The first-order valence-corrected chi connectivity index (χ1v) is 3.16. The van der Waals surface area contributed by atoms with Crippen molar-refractivity contribution in [1.29, 1.82) is 0 Å². The number of hydrogen-bond acceptors (Lipinski definition) is 2. The molecule has 0 radical (unpaired) electrons. The molecule has 0 aliphatic heterocycles. The summed E-state index contributed by atoms with van der Waals surface area (Å²) >= 11 is 0. The van der Waals surface area contributed by atoms with Gasteiger partial charge in [0.25, 0.3) is 0 Å². The maximum absolute atomic E-state index is 5.10. The average molecular weight is 129 g/mol. The second-order valence-electron chi connectivity index (χ2n) is 2.09. The lowest BCUT2D eigenvalue weighted by molar-refractivity contribution is 0.130. The molecule has 0 rings (SSSR count). The highest BCUT2D eigenvalue weighted by atomic mass is 16.5. The Morgan fingerprint density at radius 3 is 2.44 bits per heavy atom. The van der Waals surface area contributed by atoms with Crippen LogP contribution in [0.5, 0.6) is 0 Å². The molecule has 2 atom stereocenters.